The van der Waals surface area contributed by atoms with Crippen molar-refractivity contribution in [3.8, 4) is 11.5 Å². The van der Waals surface area contributed by atoms with Crippen LogP contribution in [0.5, 0.6) is 11.5 Å². The third-order valence-electron chi connectivity index (χ3n) is 4.03. The molecule has 3 N–H and O–H groups in total. The van der Waals surface area contributed by atoms with E-state index in [1.54, 1.807) is 24.3 Å². The molecular formula is C19H22N2O2. The topological polar surface area (TPSA) is 60.4 Å². The van der Waals surface area contributed by atoms with E-state index in [4.69, 9.17) is 10.5 Å². The molecule has 2 aromatic carbocycles. The van der Waals surface area contributed by atoms with E-state index in [0.29, 0.717) is 19.2 Å². The maximum absolute atomic E-state index is 9.33. The zero-order valence-corrected chi connectivity index (χ0v) is 13.5. The van der Waals surface area contributed by atoms with Crippen molar-refractivity contribution in [3.05, 3.63) is 59.8 Å². The number of phenols is 1. The first-order chi connectivity index (χ1) is 11.1. The van der Waals surface area contributed by atoms with Crippen molar-refractivity contribution in [3.63, 3.8) is 0 Å². The van der Waals surface area contributed by atoms with Gasteiger partial charge in [0, 0.05) is 29.7 Å². The molecule has 4 nitrogen and oxygen atoms in total. The average molecular weight is 310 g/mol. The van der Waals surface area contributed by atoms with Crippen LogP contribution in [0, 0.1) is 0 Å². The Bertz CT molecular complexity index is 804. The molecule has 0 saturated heterocycles. The van der Waals surface area contributed by atoms with Gasteiger partial charge in [-0.1, -0.05) is 18.2 Å². The van der Waals surface area contributed by atoms with Gasteiger partial charge >= 0.3 is 0 Å². The Morgan fingerprint density at radius 3 is 2.48 bits per heavy atom. The van der Waals surface area contributed by atoms with Gasteiger partial charge < -0.3 is 20.1 Å². The Balaban J connectivity index is 1.96. The Morgan fingerprint density at radius 2 is 1.83 bits per heavy atom. The fourth-order valence-electron chi connectivity index (χ4n) is 2.85. The van der Waals surface area contributed by atoms with Crippen LogP contribution in [0.4, 0.5) is 0 Å². The van der Waals surface area contributed by atoms with Gasteiger partial charge in [-0.05, 0) is 43.7 Å². The Labute approximate surface area is 136 Å². The minimum absolute atomic E-state index is 0.237. The number of aromatic nitrogens is 1. The summed E-state index contributed by atoms with van der Waals surface area (Å²) in [6.07, 6.45) is 2.15. The predicted octanol–water partition coefficient (Wildman–Crippen LogP) is 3.97. The average Bonchev–Trinajstić information content (AvgIpc) is 2.93. The molecule has 3 rings (SSSR count). The van der Waals surface area contributed by atoms with E-state index in [9.17, 15) is 5.11 Å². The predicted molar refractivity (Wildman–Crippen MR) is 92.7 cm³/mol. The summed E-state index contributed by atoms with van der Waals surface area (Å²) in [7, 11) is 0. The van der Waals surface area contributed by atoms with Gasteiger partial charge in [0.1, 0.15) is 18.1 Å². The third kappa shape index (κ3) is 3.03. The molecule has 1 heterocycles. The SMILES string of the molecule is CC(C)n1cc(COc2ccc(O)cc2)c2cccc(CN)c21. The van der Waals surface area contributed by atoms with Gasteiger partial charge in [0.25, 0.3) is 0 Å². The number of aromatic hydroxyl groups is 1. The van der Waals surface area contributed by atoms with Crippen molar-refractivity contribution in [2.45, 2.75) is 33.0 Å². The van der Waals surface area contributed by atoms with E-state index in [0.717, 1.165) is 16.9 Å². The highest BCUT2D eigenvalue weighted by atomic mass is 16.5. The minimum atomic E-state index is 0.237. The van der Waals surface area contributed by atoms with Crippen molar-refractivity contribution >= 4 is 10.9 Å². The van der Waals surface area contributed by atoms with Crippen LogP contribution in [0.1, 0.15) is 31.0 Å². The second kappa shape index (κ2) is 6.34. The highest BCUT2D eigenvalue weighted by Crippen LogP contribution is 2.29. The van der Waals surface area contributed by atoms with E-state index in [-0.39, 0.29) is 5.75 Å². The van der Waals surface area contributed by atoms with E-state index in [2.05, 4.69) is 36.7 Å². The molecule has 4 heteroatoms. The van der Waals surface area contributed by atoms with Crippen LogP contribution in [0.25, 0.3) is 10.9 Å². The fraction of sp³-hybridized carbons (Fsp3) is 0.263. The highest BCUT2D eigenvalue weighted by Gasteiger charge is 2.13. The second-order valence-electron chi connectivity index (χ2n) is 5.96. The number of phenolic OH excluding ortho intramolecular Hbond substituents is 1. The number of para-hydroxylation sites is 1. The number of hydrogen-bond acceptors (Lipinski definition) is 3. The summed E-state index contributed by atoms with van der Waals surface area (Å²) >= 11 is 0. The molecule has 0 aliphatic carbocycles. The zero-order valence-electron chi connectivity index (χ0n) is 13.5. The summed E-state index contributed by atoms with van der Waals surface area (Å²) in [5, 5.41) is 10.5. The minimum Gasteiger partial charge on any atom is -0.508 e. The molecule has 0 radical (unpaired) electrons. The van der Waals surface area contributed by atoms with Gasteiger partial charge in [0.15, 0.2) is 0 Å². The van der Waals surface area contributed by atoms with Gasteiger partial charge in [0.2, 0.25) is 0 Å². The summed E-state index contributed by atoms with van der Waals surface area (Å²) in [5.41, 5.74) is 9.38. The third-order valence-corrected chi connectivity index (χ3v) is 4.03. The van der Waals surface area contributed by atoms with Crippen molar-refractivity contribution in [2.24, 2.45) is 5.73 Å². The lowest BCUT2D eigenvalue weighted by atomic mass is 10.1. The molecule has 0 spiro atoms. The van der Waals surface area contributed by atoms with E-state index < -0.39 is 0 Å². The fourth-order valence-corrected chi connectivity index (χ4v) is 2.85. The largest absolute Gasteiger partial charge is 0.508 e. The molecule has 0 atom stereocenters. The van der Waals surface area contributed by atoms with E-state index in [1.807, 2.05) is 6.07 Å². The summed E-state index contributed by atoms with van der Waals surface area (Å²) in [4.78, 5) is 0. The molecule has 0 unspecified atom stereocenters. The van der Waals surface area contributed by atoms with Gasteiger partial charge in [-0.25, -0.2) is 0 Å². The smallest absolute Gasteiger partial charge is 0.120 e. The summed E-state index contributed by atoms with van der Waals surface area (Å²) in [5.74, 6) is 0.976. The summed E-state index contributed by atoms with van der Waals surface area (Å²) in [6.45, 7) is 5.33. The van der Waals surface area contributed by atoms with Crippen molar-refractivity contribution in [1.82, 2.24) is 4.57 Å². The maximum atomic E-state index is 9.33. The van der Waals surface area contributed by atoms with Crippen LogP contribution in [0.2, 0.25) is 0 Å². The Morgan fingerprint density at radius 1 is 1.09 bits per heavy atom. The summed E-state index contributed by atoms with van der Waals surface area (Å²) in [6, 6.07) is 13.4. The monoisotopic (exact) mass is 310 g/mol. The molecule has 1 aromatic heterocycles. The molecule has 0 aliphatic rings. The quantitative estimate of drug-likeness (QED) is 0.749. The first kappa shape index (κ1) is 15.4. The standard InChI is InChI=1S/C19H22N2O2/c1-13(2)21-11-15(12-23-17-8-6-16(22)7-9-17)18-5-3-4-14(10-20)19(18)21/h3-9,11,13,22H,10,12,20H2,1-2H3. The van der Waals surface area contributed by atoms with Crippen LogP contribution >= 0.6 is 0 Å². The van der Waals surface area contributed by atoms with Crippen LogP contribution in [-0.2, 0) is 13.2 Å². The Hall–Kier alpha value is -2.46. The van der Waals surface area contributed by atoms with Gasteiger partial charge in [-0.15, -0.1) is 0 Å². The molecule has 0 amide bonds. The van der Waals surface area contributed by atoms with E-state index >= 15 is 0 Å². The molecular weight excluding hydrogens is 288 g/mol. The first-order valence-electron chi connectivity index (χ1n) is 7.83. The van der Waals surface area contributed by atoms with Crippen molar-refractivity contribution < 1.29 is 9.84 Å². The number of nitrogens with two attached hydrogens (primary N) is 1. The zero-order chi connectivity index (χ0) is 16.4. The molecule has 0 saturated carbocycles. The first-order valence-corrected chi connectivity index (χ1v) is 7.83. The number of nitrogens with zero attached hydrogens (tertiary/aromatic N) is 1. The maximum Gasteiger partial charge on any atom is 0.120 e. The van der Waals surface area contributed by atoms with E-state index in [1.165, 1.54) is 10.9 Å². The molecule has 0 fully saturated rings. The Kier molecular flexibility index (Phi) is 4.26. The molecule has 120 valence electrons. The number of ether oxygens (including phenoxy) is 1. The van der Waals surface area contributed by atoms with Gasteiger partial charge in [-0.2, -0.15) is 0 Å². The summed E-state index contributed by atoms with van der Waals surface area (Å²) < 4.78 is 8.12. The number of benzene rings is 2. The second-order valence-corrected chi connectivity index (χ2v) is 5.96. The normalized spacial score (nSPS) is 11.3. The van der Waals surface area contributed by atoms with Crippen LogP contribution < -0.4 is 10.5 Å². The van der Waals surface area contributed by atoms with Gasteiger partial charge in [0.05, 0.1) is 5.52 Å². The molecule has 3 aromatic rings. The lowest BCUT2D eigenvalue weighted by Crippen LogP contribution is -2.03. The number of hydrogen-bond donors (Lipinski definition) is 2. The van der Waals surface area contributed by atoms with Crippen molar-refractivity contribution in [2.75, 3.05) is 0 Å². The van der Waals surface area contributed by atoms with Crippen LogP contribution in [0.3, 0.4) is 0 Å². The molecule has 0 bridgehead atoms. The lowest BCUT2D eigenvalue weighted by molar-refractivity contribution is 0.306. The number of rotatable bonds is 5. The highest BCUT2D eigenvalue weighted by molar-refractivity contribution is 5.87. The van der Waals surface area contributed by atoms with Crippen LogP contribution in [-0.4, -0.2) is 9.67 Å². The lowest BCUT2D eigenvalue weighted by Gasteiger charge is -2.11. The van der Waals surface area contributed by atoms with Gasteiger partial charge in [-0.3, -0.25) is 0 Å². The van der Waals surface area contributed by atoms with Crippen LogP contribution in [0.15, 0.2) is 48.7 Å². The van der Waals surface area contributed by atoms with Crippen molar-refractivity contribution in [1.29, 1.82) is 0 Å². The number of fused-ring (bicyclic) bond motifs is 1. The molecule has 23 heavy (non-hydrogen) atoms. The molecule has 0 aliphatic heterocycles.